The van der Waals surface area contributed by atoms with Crippen molar-refractivity contribution in [2.75, 3.05) is 45.2 Å². The molecule has 0 saturated carbocycles. The second-order valence-corrected chi connectivity index (χ2v) is 9.28. The Hall–Kier alpha value is -2.55. The van der Waals surface area contributed by atoms with Crippen molar-refractivity contribution < 1.29 is 4.74 Å². The van der Waals surface area contributed by atoms with Crippen molar-refractivity contribution in [3.8, 4) is 11.8 Å². The maximum atomic E-state index is 9.63. The Morgan fingerprint density at radius 3 is 2.44 bits per heavy atom. The molecule has 0 amide bonds. The molecule has 2 saturated heterocycles. The highest BCUT2D eigenvalue weighted by Gasteiger charge is 2.22. The molecule has 2 aliphatic rings. The van der Waals surface area contributed by atoms with Crippen LogP contribution in [0.1, 0.15) is 55.2 Å². The first kappa shape index (κ1) is 22.6. The lowest BCUT2D eigenvalue weighted by atomic mass is 9.89. The third-order valence-corrected chi connectivity index (χ3v) is 7.16. The van der Waals surface area contributed by atoms with Crippen molar-refractivity contribution in [2.45, 2.75) is 51.1 Å². The molecule has 5 heteroatoms. The van der Waals surface area contributed by atoms with E-state index in [-0.39, 0.29) is 0 Å². The summed E-state index contributed by atoms with van der Waals surface area (Å²) in [7, 11) is 1.71. The molecular formula is C27H36N4O. The van der Waals surface area contributed by atoms with Crippen molar-refractivity contribution in [3.63, 3.8) is 0 Å². The topological polar surface area (TPSA) is 51.5 Å². The summed E-state index contributed by atoms with van der Waals surface area (Å²) in [5.74, 6) is 1.52. The van der Waals surface area contributed by atoms with Crippen LogP contribution in [0.4, 0.5) is 5.69 Å². The highest BCUT2D eigenvalue weighted by molar-refractivity contribution is 5.52. The minimum absolute atomic E-state index is 0.536. The molecule has 5 nitrogen and oxygen atoms in total. The summed E-state index contributed by atoms with van der Waals surface area (Å²) in [5, 5.41) is 13.2. The molecule has 0 radical (unpaired) electrons. The number of nitrogens with zero attached hydrogens (tertiary/aromatic N) is 3. The molecular weight excluding hydrogens is 396 g/mol. The van der Waals surface area contributed by atoms with Crippen LogP contribution in [0.25, 0.3) is 0 Å². The van der Waals surface area contributed by atoms with Crippen molar-refractivity contribution in [2.24, 2.45) is 0 Å². The number of ether oxygens (including phenoxy) is 1. The fraction of sp³-hybridized carbons (Fsp3) is 0.519. The van der Waals surface area contributed by atoms with Gasteiger partial charge in [-0.1, -0.05) is 12.1 Å². The third kappa shape index (κ3) is 5.62. The molecule has 1 N–H and O–H groups in total. The van der Waals surface area contributed by atoms with E-state index in [0.29, 0.717) is 12.0 Å². The molecule has 4 rings (SSSR count). The lowest BCUT2D eigenvalue weighted by Crippen LogP contribution is -2.35. The molecule has 170 valence electrons. The summed E-state index contributed by atoms with van der Waals surface area (Å²) in [6, 6.07) is 17.7. The first-order chi connectivity index (χ1) is 15.7. The van der Waals surface area contributed by atoms with Crippen molar-refractivity contribution in [1.29, 1.82) is 5.26 Å². The largest absolute Gasteiger partial charge is 0.497 e. The predicted octanol–water partition coefficient (Wildman–Crippen LogP) is 4.84. The van der Waals surface area contributed by atoms with Crippen LogP contribution in [0.15, 0.2) is 42.5 Å². The average Bonchev–Trinajstić information content (AvgIpc) is 3.38. The van der Waals surface area contributed by atoms with Gasteiger partial charge in [0.05, 0.1) is 18.7 Å². The molecule has 2 heterocycles. The Morgan fingerprint density at radius 2 is 1.78 bits per heavy atom. The van der Waals surface area contributed by atoms with Gasteiger partial charge < -0.3 is 10.1 Å². The first-order valence-electron chi connectivity index (χ1n) is 12.0. The maximum Gasteiger partial charge on any atom is 0.118 e. The Balaban J connectivity index is 1.33. The number of likely N-dealkylation sites (tertiary alicyclic amines) is 2. The Kier molecular flexibility index (Phi) is 7.68. The van der Waals surface area contributed by atoms with E-state index in [4.69, 9.17) is 4.74 Å². The quantitative estimate of drug-likeness (QED) is 0.647. The van der Waals surface area contributed by atoms with Gasteiger partial charge in [-0.15, -0.1) is 0 Å². The lowest BCUT2D eigenvalue weighted by molar-refractivity contribution is 0.204. The van der Waals surface area contributed by atoms with E-state index in [2.05, 4.69) is 64.5 Å². The van der Waals surface area contributed by atoms with E-state index in [9.17, 15) is 5.26 Å². The highest BCUT2D eigenvalue weighted by Crippen LogP contribution is 2.30. The van der Waals surface area contributed by atoms with E-state index < -0.39 is 0 Å². The van der Waals surface area contributed by atoms with Gasteiger partial charge in [0.2, 0.25) is 0 Å². The molecule has 2 aromatic carbocycles. The van der Waals surface area contributed by atoms with Gasteiger partial charge in [0, 0.05) is 24.8 Å². The minimum atomic E-state index is 0.536. The van der Waals surface area contributed by atoms with Crippen LogP contribution in [-0.4, -0.2) is 55.7 Å². The van der Waals surface area contributed by atoms with E-state index in [0.717, 1.165) is 61.6 Å². The highest BCUT2D eigenvalue weighted by atomic mass is 16.5. The van der Waals surface area contributed by atoms with Crippen molar-refractivity contribution in [3.05, 3.63) is 59.2 Å². The average molecular weight is 433 g/mol. The molecule has 2 fully saturated rings. The van der Waals surface area contributed by atoms with Gasteiger partial charge in [-0.25, -0.2) is 0 Å². The van der Waals surface area contributed by atoms with E-state index in [1.165, 1.54) is 31.5 Å². The number of benzene rings is 2. The second-order valence-electron chi connectivity index (χ2n) is 9.28. The molecule has 0 spiro atoms. The predicted molar refractivity (Wildman–Crippen MR) is 130 cm³/mol. The maximum absolute atomic E-state index is 9.63. The first-order valence-corrected chi connectivity index (χ1v) is 12.0. The van der Waals surface area contributed by atoms with Crippen LogP contribution in [0.3, 0.4) is 0 Å². The van der Waals surface area contributed by atoms with Gasteiger partial charge in [0.1, 0.15) is 5.75 Å². The third-order valence-electron chi connectivity index (χ3n) is 7.16. The normalized spacial score (nSPS) is 18.9. The summed E-state index contributed by atoms with van der Waals surface area (Å²) >= 11 is 0. The zero-order valence-corrected chi connectivity index (χ0v) is 19.5. The van der Waals surface area contributed by atoms with Crippen molar-refractivity contribution >= 4 is 5.69 Å². The van der Waals surface area contributed by atoms with Crippen molar-refractivity contribution in [1.82, 2.24) is 9.80 Å². The zero-order chi connectivity index (χ0) is 22.3. The van der Waals surface area contributed by atoms with Gasteiger partial charge in [0.15, 0.2) is 0 Å². The number of rotatable bonds is 8. The number of hydrogen-bond donors (Lipinski definition) is 1. The Bertz CT molecular complexity index is 906. The summed E-state index contributed by atoms with van der Waals surface area (Å²) in [4.78, 5) is 5.05. The molecule has 0 bridgehead atoms. The van der Waals surface area contributed by atoms with Gasteiger partial charge in [-0.3, -0.25) is 9.80 Å². The van der Waals surface area contributed by atoms with Crippen LogP contribution in [0.5, 0.6) is 5.75 Å². The Labute approximate surface area is 193 Å². The number of nitrogens with one attached hydrogen (secondary N) is 1. The van der Waals surface area contributed by atoms with Crippen LogP contribution in [-0.2, 0) is 6.54 Å². The van der Waals surface area contributed by atoms with Gasteiger partial charge in [-0.2, -0.15) is 5.26 Å². The zero-order valence-electron chi connectivity index (χ0n) is 19.5. The van der Waals surface area contributed by atoms with Gasteiger partial charge in [0.25, 0.3) is 0 Å². The lowest BCUT2D eigenvalue weighted by Gasteiger charge is -2.32. The minimum Gasteiger partial charge on any atom is -0.497 e. The summed E-state index contributed by atoms with van der Waals surface area (Å²) in [6.45, 7) is 8.64. The number of piperidine rings is 1. The summed E-state index contributed by atoms with van der Waals surface area (Å²) in [6.07, 6.45) is 4.94. The van der Waals surface area contributed by atoms with Gasteiger partial charge in [-0.05, 0) is 106 Å². The second kappa shape index (κ2) is 10.8. The summed E-state index contributed by atoms with van der Waals surface area (Å²) < 4.78 is 5.29. The number of anilines is 1. The fourth-order valence-corrected chi connectivity index (χ4v) is 5.06. The molecule has 32 heavy (non-hydrogen) atoms. The standard InChI is InChI=1S/C27H36N4O/c1-21(31-13-3-4-14-31)19-29-26-8-5-24(18-28)25(17-26)20-30-15-11-23(12-16-30)22-6-9-27(32-2)10-7-22/h5-10,17,21,23,29H,3-4,11-16,19-20H2,1-2H3. The van der Waals surface area contributed by atoms with Crippen LogP contribution in [0, 0.1) is 11.3 Å². The smallest absolute Gasteiger partial charge is 0.118 e. The van der Waals surface area contributed by atoms with Crippen LogP contribution < -0.4 is 10.1 Å². The van der Waals surface area contributed by atoms with Crippen LogP contribution in [0.2, 0.25) is 0 Å². The monoisotopic (exact) mass is 432 g/mol. The molecule has 2 aromatic rings. The molecule has 0 aliphatic carbocycles. The molecule has 2 aliphatic heterocycles. The van der Waals surface area contributed by atoms with Gasteiger partial charge >= 0.3 is 0 Å². The Morgan fingerprint density at radius 1 is 1.06 bits per heavy atom. The van der Waals surface area contributed by atoms with E-state index in [1.54, 1.807) is 7.11 Å². The molecule has 0 aromatic heterocycles. The molecule has 1 unspecified atom stereocenters. The molecule has 1 atom stereocenters. The van der Waals surface area contributed by atoms with Crippen LogP contribution >= 0.6 is 0 Å². The van der Waals surface area contributed by atoms with E-state index >= 15 is 0 Å². The number of nitriles is 1. The van der Waals surface area contributed by atoms with E-state index in [1.807, 2.05) is 6.07 Å². The number of hydrogen-bond acceptors (Lipinski definition) is 5. The fourth-order valence-electron chi connectivity index (χ4n) is 5.06. The summed E-state index contributed by atoms with van der Waals surface area (Å²) in [5.41, 5.74) is 4.45. The number of methoxy groups -OCH3 is 1. The SMILES string of the molecule is COc1ccc(C2CCN(Cc3cc(NCC(C)N4CCCC4)ccc3C#N)CC2)cc1.